The number of H-pyrrole nitrogens is 1. The second-order valence-electron chi connectivity index (χ2n) is 7.20. The van der Waals surface area contributed by atoms with E-state index in [9.17, 15) is 22.8 Å². The molecule has 2 N–H and O–H groups in total. The first-order chi connectivity index (χ1) is 15.7. The highest BCUT2D eigenvalue weighted by Crippen LogP contribution is 2.30. The topological polar surface area (TPSA) is 105 Å². The molecule has 170 valence electrons. The van der Waals surface area contributed by atoms with E-state index in [4.69, 9.17) is 0 Å². The predicted molar refractivity (Wildman–Crippen MR) is 116 cm³/mol. The number of nitrogens with zero attached hydrogens (tertiary/aromatic N) is 4. The number of fused-ring (bicyclic) bond motifs is 1. The van der Waals surface area contributed by atoms with Crippen molar-refractivity contribution in [1.82, 2.24) is 24.8 Å². The second-order valence-corrected chi connectivity index (χ2v) is 8.14. The van der Waals surface area contributed by atoms with Gasteiger partial charge in [0.05, 0.1) is 11.3 Å². The van der Waals surface area contributed by atoms with Crippen molar-refractivity contribution in [2.24, 2.45) is 0 Å². The molecule has 0 unspecified atom stereocenters. The number of amides is 1. The number of hydrogen-bond acceptors (Lipinski definition) is 6. The summed E-state index contributed by atoms with van der Waals surface area (Å²) >= 11 is 0.987. The summed E-state index contributed by atoms with van der Waals surface area (Å²) in [5.41, 5.74) is 1.03. The Balaban J connectivity index is 1.47. The Hall–Kier alpha value is -3.67. The summed E-state index contributed by atoms with van der Waals surface area (Å²) in [5, 5.41) is 14.8. The van der Waals surface area contributed by atoms with E-state index in [-0.39, 0.29) is 28.1 Å². The van der Waals surface area contributed by atoms with Crippen LogP contribution < -0.4 is 10.9 Å². The Morgan fingerprint density at radius 1 is 1.15 bits per heavy atom. The van der Waals surface area contributed by atoms with Crippen molar-refractivity contribution >= 4 is 29.1 Å². The number of aromatic nitrogens is 5. The molecule has 0 aliphatic heterocycles. The van der Waals surface area contributed by atoms with Crippen molar-refractivity contribution in [3.8, 4) is 0 Å². The van der Waals surface area contributed by atoms with Crippen molar-refractivity contribution < 1.29 is 18.0 Å². The molecule has 1 amide bonds. The van der Waals surface area contributed by atoms with Gasteiger partial charge in [-0.3, -0.25) is 14.6 Å². The highest BCUT2D eigenvalue weighted by atomic mass is 32.2. The standard InChI is InChI=1S/C21H17F3N6O2S/c1-12-5-7-13(8-6-12)9-16-18(32)26-19-27-28-20(30(19)29-16)33-11-17(31)25-15-4-2-3-14(10-15)21(22,23)24/h2-8,10H,9,11H2,1H3,(H,25,31)(H,26,27,32). The van der Waals surface area contributed by atoms with Crippen LogP contribution in [0.3, 0.4) is 0 Å². The van der Waals surface area contributed by atoms with Gasteiger partial charge in [-0.1, -0.05) is 47.7 Å². The molecule has 0 atom stereocenters. The molecule has 8 nitrogen and oxygen atoms in total. The van der Waals surface area contributed by atoms with Gasteiger partial charge in [0.25, 0.3) is 11.3 Å². The SMILES string of the molecule is Cc1ccc(Cc2nn3c(SCC(=O)Nc4cccc(C(F)(F)F)c4)nnc3[nH]c2=O)cc1. The lowest BCUT2D eigenvalue weighted by Crippen LogP contribution is -2.19. The molecule has 2 aromatic heterocycles. The maximum Gasteiger partial charge on any atom is 0.416 e. The summed E-state index contributed by atoms with van der Waals surface area (Å²) in [4.78, 5) is 27.2. The van der Waals surface area contributed by atoms with Gasteiger partial charge in [-0.05, 0) is 30.7 Å². The molecule has 12 heteroatoms. The van der Waals surface area contributed by atoms with Crippen molar-refractivity contribution in [2.75, 3.05) is 11.1 Å². The fraction of sp³-hybridized carbons (Fsp3) is 0.190. The van der Waals surface area contributed by atoms with Crippen LogP contribution in [0.15, 0.2) is 58.5 Å². The number of rotatable bonds is 6. The number of anilines is 1. The average Bonchev–Trinajstić information content (AvgIpc) is 3.15. The summed E-state index contributed by atoms with van der Waals surface area (Å²) < 4.78 is 39.8. The second kappa shape index (κ2) is 9.06. The Morgan fingerprint density at radius 3 is 2.64 bits per heavy atom. The zero-order chi connectivity index (χ0) is 23.6. The third kappa shape index (κ3) is 5.40. The first-order valence-corrected chi connectivity index (χ1v) is 10.7. The number of thioether (sulfide) groups is 1. The Bertz CT molecular complexity index is 1370. The van der Waals surface area contributed by atoms with Crippen molar-refractivity contribution in [3.05, 3.63) is 81.3 Å². The van der Waals surface area contributed by atoms with Crippen LogP contribution in [0.25, 0.3) is 5.78 Å². The fourth-order valence-corrected chi connectivity index (χ4v) is 3.66. The largest absolute Gasteiger partial charge is 0.416 e. The van der Waals surface area contributed by atoms with Crippen LogP contribution in [-0.2, 0) is 17.4 Å². The molecule has 4 aromatic rings. The minimum Gasteiger partial charge on any atom is -0.325 e. The molecule has 0 spiro atoms. The number of nitrogens with one attached hydrogen (secondary N) is 2. The van der Waals surface area contributed by atoms with E-state index >= 15 is 0 Å². The monoisotopic (exact) mass is 474 g/mol. The lowest BCUT2D eigenvalue weighted by atomic mass is 10.1. The summed E-state index contributed by atoms with van der Waals surface area (Å²) in [6.07, 6.45) is -4.21. The Labute approximate surface area is 189 Å². The van der Waals surface area contributed by atoms with E-state index in [1.807, 2.05) is 31.2 Å². The maximum absolute atomic E-state index is 12.8. The number of halogens is 3. The third-order valence-electron chi connectivity index (χ3n) is 4.62. The van der Waals surface area contributed by atoms with E-state index in [0.717, 1.165) is 35.0 Å². The summed E-state index contributed by atoms with van der Waals surface area (Å²) in [7, 11) is 0. The average molecular weight is 474 g/mol. The fourth-order valence-electron chi connectivity index (χ4n) is 2.98. The normalized spacial score (nSPS) is 11.6. The summed E-state index contributed by atoms with van der Waals surface area (Å²) in [5.74, 6) is -0.556. The third-order valence-corrected chi connectivity index (χ3v) is 5.54. The molecule has 0 saturated carbocycles. The molecule has 4 rings (SSSR count). The molecular formula is C21H17F3N6O2S. The lowest BCUT2D eigenvalue weighted by Gasteiger charge is -2.09. The number of aryl methyl sites for hydroxylation is 1. The first kappa shape index (κ1) is 22.5. The van der Waals surface area contributed by atoms with Crippen molar-refractivity contribution in [3.63, 3.8) is 0 Å². The van der Waals surface area contributed by atoms with Crippen LogP contribution in [0.4, 0.5) is 18.9 Å². The Morgan fingerprint density at radius 2 is 1.91 bits per heavy atom. The minimum absolute atomic E-state index is 0.0318. The highest BCUT2D eigenvalue weighted by molar-refractivity contribution is 7.99. The molecule has 0 aliphatic rings. The number of benzene rings is 2. The molecule has 2 aromatic carbocycles. The molecular weight excluding hydrogens is 457 g/mol. The molecule has 0 saturated heterocycles. The van der Waals surface area contributed by atoms with Crippen LogP contribution in [0, 0.1) is 6.92 Å². The Kier molecular flexibility index (Phi) is 6.18. The zero-order valence-corrected chi connectivity index (χ0v) is 18.0. The molecule has 0 aliphatic carbocycles. The van der Waals surface area contributed by atoms with Gasteiger partial charge < -0.3 is 5.32 Å². The van der Waals surface area contributed by atoms with Gasteiger partial charge in [-0.2, -0.15) is 22.8 Å². The molecule has 2 heterocycles. The van der Waals surface area contributed by atoms with Crippen LogP contribution in [0.1, 0.15) is 22.4 Å². The van der Waals surface area contributed by atoms with Gasteiger partial charge in [-0.15, -0.1) is 10.2 Å². The quantitative estimate of drug-likeness (QED) is 0.415. The van der Waals surface area contributed by atoms with Gasteiger partial charge in [0.2, 0.25) is 11.1 Å². The van der Waals surface area contributed by atoms with Gasteiger partial charge in [0.1, 0.15) is 5.69 Å². The lowest BCUT2D eigenvalue weighted by molar-refractivity contribution is -0.137. The van der Waals surface area contributed by atoms with E-state index in [1.54, 1.807) is 0 Å². The highest BCUT2D eigenvalue weighted by Gasteiger charge is 2.30. The van der Waals surface area contributed by atoms with E-state index < -0.39 is 23.2 Å². The van der Waals surface area contributed by atoms with Crippen LogP contribution in [-0.4, -0.2) is 36.5 Å². The maximum atomic E-state index is 12.8. The van der Waals surface area contributed by atoms with Crippen molar-refractivity contribution in [2.45, 2.75) is 24.7 Å². The van der Waals surface area contributed by atoms with E-state index in [2.05, 4.69) is 25.6 Å². The molecule has 0 bridgehead atoms. The minimum atomic E-state index is -4.51. The zero-order valence-electron chi connectivity index (χ0n) is 17.2. The first-order valence-electron chi connectivity index (χ1n) is 9.69. The number of carbonyl (C=O) groups is 1. The van der Waals surface area contributed by atoms with Gasteiger partial charge in [0.15, 0.2) is 0 Å². The van der Waals surface area contributed by atoms with Gasteiger partial charge in [-0.25, -0.2) is 0 Å². The predicted octanol–water partition coefficient (Wildman–Crippen LogP) is 3.46. The van der Waals surface area contributed by atoms with Gasteiger partial charge in [0, 0.05) is 12.1 Å². The molecule has 0 radical (unpaired) electrons. The van der Waals surface area contributed by atoms with Crippen LogP contribution >= 0.6 is 11.8 Å². The van der Waals surface area contributed by atoms with E-state index in [1.165, 1.54) is 16.6 Å². The number of aromatic amines is 1. The number of carbonyl (C=O) groups excluding carboxylic acids is 1. The smallest absolute Gasteiger partial charge is 0.325 e. The van der Waals surface area contributed by atoms with Crippen LogP contribution in [0.5, 0.6) is 0 Å². The van der Waals surface area contributed by atoms with Gasteiger partial charge >= 0.3 is 6.18 Å². The number of hydrogen-bond donors (Lipinski definition) is 2. The molecule has 33 heavy (non-hydrogen) atoms. The molecule has 0 fully saturated rings. The van der Waals surface area contributed by atoms with Crippen molar-refractivity contribution in [1.29, 1.82) is 0 Å². The number of alkyl halides is 3. The van der Waals surface area contributed by atoms with Crippen LogP contribution in [0.2, 0.25) is 0 Å². The summed E-state index contributed by atoms with van der Waals surface area (Å²) in [6, 6.07) is 12.0. The summed E-state index contributed by atoms with van der Waals surface area (Å²) in [6.45, 7) is 1.96. The van der Waals surface area contributed by atoms with E-state index in [0.29, 0.717) is 6.42 Å².